The highest BCUT2D eigenvalue weighted by Crippen LogP contribution is 2.75. The Bertz CT molecular complexity index is 795. The molecule has 0 amide bonds. The Morgan fingerprint density at radius 1 is 0.800 bits per heavy atom. The molecule has 0 heteroatoms. The van der Waals surface area contributed by atoms with E-state index in [-0.39, 0.29) is 0 Å². The fraction of sp³-hybridized carbons (Fsp3) is 0.867. The van der Waals surface area contributed by atoms with Gasteiger partial charge in [-0.1, -0.05) is 79.2 Å². The second-order valence-corrected chi connectivity index (χ2v) is 14.8. The molecule has 3 fully saturated rings. The number of hydrogen-bond acceptors (Lipinski definition) is 0. The maximum atomic E-state index is 2.83. The minimum Gasteiger partial charge on any atom is -0.0874 e. The van der Waals surface area contributed by atoms with Crippen LogP contribution in [-0.2, 0) is 0 Å². The van der Waals surface area contributed by atoms with E-state index in [2.05, 4.69) is 73.6 Å². The molecule has 5 aliphatic carbocycles. The topological polar surface area (TPSA) is 0 Å². The van der Waals surface area contributed by atoms with Crippen LogP contribution in [0.1, 0.15) is 113 Å². The third-order valence-corrected chi connectivity index (χ3v) is 12.3. The normalized spacial score (nSPS) is 53.6. The van der Waals surface area contributed by atoms with Gasteiger partial charge in [0.25, 0.3) is 0 Å². The van der Waals surface area contributed by atoms with E-state index in [9.17, 15) is 0 Å². The summed E-state index contributed by atoms with van der Waals surface area (Å²) in [6.07, 6.45) is 20.6. The van der Waals surface area contributed by atoms with Gasteiger partial charge in [-0.15, -0.1) is 0 Å². The van der Waals surface area contributed by atoms with Crippen LogP contribution in [0, 0.1) is 50.2 Å². The monoisotopic (exact) mass is 408 g/mol. The van der Waals surface area contributed by atoms with E-state index in [0.717, 1.165) is 17.8 Å². The Kier molecular flexibility index (Phi) is 4.32. The Morgan fingerprint density at radius 3 is 2.23 bits per heavy atom. The Hall–Kier alpha value is -0.520. The molecule has 0 aromatic rings. The van der Waals surface area contributed by atoms with Gasteiger partial charge in [-0.25, -0.2) is 0 Å². The molecule has 7 atom stereocenters. The van der Waals surface area contributed by atoms with Gasteiger partial charge in [0.05, 0.1) is 0 Å². The lowest BCUT2D eigenvalue weighted by Gasteiger charge is -2.70. The van der Waals surface area contributed by atoms with Crippen molar-refractivity contribution >= 4 is 0 Å². The average Bonchev–Trinajstić information content (AvgIpc) is 2.63. The van der Waals surface area contributed by atoms with E-state index in [1.165, 1.54) is 57.8 Å². The van der Waals surface area contributed by atoms with Gasteiger partial charge in [0.2, 0.25) is 0 Å². The predicted molar refractivity (Wildman–Crippen MR) is 129 cm³/mol. The maximum absolute atomic E-state index is 2.83. The van der Waals surface area contributed by atoms with Gasteiger partial charge >= 0.3 is 0 Å². The van der Waals surface area contributed by atoms with E-state index in [1.807, 2.05) is 5.57 Å². The van der Waals surface area contributed by atoms with Crippen LogP contribution in [0.4, 0.5) is 0 Å². The molecule has 5 aliphatic rings. The Labute approximate surface area is 187 Å². The quantitative estimate of drug-likeness (QED) is 0.351. The van der Waals surface area contributed by atoms with Gasteiger partial charge in [-0.2, -0.15) is 0 Å². The minimum absolute atomic E-state index is 0.359. The molecule has 0 N–H and O–H groups in total. The molecule has 30 heavy (non-hydrogen) atoms. The molecule has 0 aromatic carbocycles. The molecule has 168 valence electrons. The average molecular weight is 409 g/mol. The van der Waals surface area contributed by atoms with Crippen LogP contribution < -0.4 is 0 Å². The van der Waals surface area contributed by atoms with E-state index in [1.54, 1.807) is 0 Å². The summed E-state index contributed by atoms with van der Waals surface area (Å²) < 4.78 is 0. The molecule has 0 heterocycles. The first kappa shape index (κ1) is 21.3. The summed E-state index contributed by atoms with van der Waals surface area (Å²) >= 11 is 0. The van der Waals surface area contributed by atoms with Crippen LogP contribution >= 0.6 is 0 Å². The molecule has 0 radical (unpaired) electrons. The summed E-state index contributed by atoms with van der Waals surface area (Å²) in [5.41, 5.74) is 4.68. The fourth-order valence-corrected chi connectivity index (χ4v) is 10.1. The zero-order valence-electron chi connectivity index (χ0n) is 21.3. The first-order valence-corrected chi connectivity index (χ1v) is 13.2. The van der Waals surface area contributed by atoms with Gasteiger partial charge in [0, 0.05) is 0 Å². The lowest BCUT2D eigenvalue weighted by molar-refractivity contribution is -0.160. The minimum atomic E-state index is 0.359. The molecular formula is C30H48. The van der Waals surface area contributed by atoms with Crippen molar-refractivity contribution in [2.24, 2.45) is 50.2 Å². The summed E-state index contributed by atoms with van der Waals surface area (Å²) in [7, 11) is 0. The maximum Gasteiger partial charge on any atom is -0.00565 e. The van der Waals surface area contributed by atoms with Crippen molar-refractivity contribution < 1.29 is 0 Å². The van der Waals surface area contributed by atoms with E-state index >= 15 is 0 Å². The van der Waals surface area contributed by atoms with Gasteiger partial charge in [-0.3, -0.25) is 0 Å². The van der Waals surface area contributed by atoms with Crippen molar-refractivity contribution in [3.05, 3.63) is 23.8 Å². The van der Waals surface area contributed by atoms with E-state index < -0.39 is 0 Å². The van der Waals surface area contributed by atoms with Crippen molar-refractivity contribution in [1.82, 2.24) is 0 Å². The number of rotatable bonds is 0. The Morgan fingerprint density at radius 2 is 1.50 bits per heavy atom. The largest absolute Gasteiger partial charge is 0.0874 e. The zero-order chi connectivity index (χ0) is 21.8. The fourth-order valence-electron chi connectivity index (χ4n) is 10.1. The first-order chi connectivity index (χ1) is 13.8. The lowest BCUT2D eigenvalue weighted by Crippen LogP contribution is -2.62. The van der Waals surface area contributed by atoms with Gasteiger partial charge < -0.3 is 0 Å². The second-order valence-electron chi connectivity index (χ2n) is 14.8. The molecule has 0 bridgehead atoms. The van der Waals surface area contributed by atoms with Crippen LogP contribution in [0.5, 0.6) is 0 Å². The number of hydrogen-bond donors (Lipinski definition) is 0. The second kappa shape index (κ2) is 6.08. The highest BCUT2D eigenvalue weighted by atomic mass is 14.7. The summed E-state index contributed by atoms with van der Waals surface area (Å²) in [6.45, 7) is 20.9. The molecule has 3 saturated carbocycles. The van der Waals surface area contributed by atoms with Crippen LogP contribution in [0.2, 0.25) is 0 Å². The standard InChI is InChI=1S/C30H48/c1-25(2)16-17-27(5)18-19-29(7)21(22(27)20-25)10-11-24-28(6)14-9-13-26(3,4)23(28)12-15-30(24,29)8/h9-10,13,22-24H,11-12,14-20H2,1-8H3/t22-,23+,24-,27-,28-,29-,30-/m1/s1. The van der Waals surface area contributed by atoms with E-state index in [0.29, 0.717) is 32.5 Å². The molecule has 5 rings (SSSR count). The third kappa shape index (κ3) is 2.58. The summed E-state index contributed by atoms with van der Waals surface area (Å²) in [4.78, 5) is 0. The van der Waals surface area contributed by atoms with Crippen LogP contribution in [0.15, 0.2) is 23.8 Å². The molecule has 0 saturated heterocycles. The first-order valence-electron chi connectivity index (χ1n) is 13.2. The van der Waals surface area contributed by atoms with Crippen molar-refractivity contribution in [1.29, 1.82) is 0 Å². The molecule has 0 spiro atoms. The third-order valence-electron chi connectivity index (χ3n) is 12.3. The Balaban J connectivity index is 1.59. The summed E-state index contributed by atoms with van der Waals surface area (Å²) in [5.74, 6) is 2.50. The highest BCUT2D eigenvalue weighted by Gasteiger charge is 2.66. The molecule has 0 unspecified atom stereocenters. The predicted octanol–water partition coefficient (Wildman–Crippen LogP) is 8.97. The zero-order valence-corrected chi connectivity index (χ0v) is 21.3. The van der Waals surface area contributed by atoms with Crippen LogP contribution in [0.25, 0.3) is 0 Å². The van der Waals surface area contributed by atoms with Crippen molar-refractivity contribution in [2.75, 3.05) is 0 Å². The van der Waals surface area contributed by atoms with Gasteiger partial charge in [0.1, 0.15) is 0 Å². The van der Waals surface area contributed by atoms with Crippen molar-refractivity contribution in [3.8, 4) is 0 Å². The number of fused-ring (bicyclic) bond motifs is 7. The molecule has 0 nitrogen and oxygen atoms in total. The summed E-state index contributed by atoms with van der Waals surface area (Å²) in [5, 5.41) is 0. The van der Waals surface area contributed by atoms with Gasteiger partial charge in [0.15, 0.2) is 0 Å². The van der Waals surface area contributed by atoms with Crippen molar-refractivity contribution in [3.63, 3.8) is 0 Å². The van der Waals surface area contributed by atoms with Crippen LogP contribution in [0.3, 0.4) is 0 Å². The van der Waals surface area contributed by atoms with Gasteiger partial charge in [-0.05, 0) is 108 Å². The van der Waals surface area contributed by atoms with E-state index in [4.69, 9.17) is 0 Å². The lowest BCUT2D eigenvalue weighted by atomic mass is 9.34. The van der Waals surface area contributed by atoms with Crippen molar-refractivity contribution in [2.45, 2.75) is 113 Å². The van der Waals surface area contributed by atoms with Crippen LogP contribution in [-0.4, -0.2) is 0 Å². The molecule has 0 aliphatic heterocycles. The molecule has 0 aromatic heterocycles. The smallest absolute Gasteiger partial charge is 0.00565 e. The molecular weight excluding hydrogens is 360 g/mol. The highest BCUT2D eigenvalue weighted by molar-refractivity contribution is 5.34. The summed E-state index contributed by atoms with van der Waals surface area (Å²) in [6, 6.07) is 0. The number of allylic oxidation sites excluding steroid dienone is 4. The SMILES string of the molecule is CC1(C)CC[C@]2(C)CC[C@]3(C)C(=CC[C@@H]4[C@]5(C)CC=CC(C)(C)[C@@H]5CC[C@]43C)[C@H]2C1.